The molecule has 0 radical (unpaired) electrons. The van der Waals surface area contributed by atoms with Crippen LogP contribution in [-0.4, -0.2) is 19.0 Å². The van der Waals surface area contributed by atoms with Crippen LogP contribution in [0.2, 0.25) is 0 Å². The zero-order chi connectivity index (χ0) is 23.2. The van der Waals surface area contributed by atoms with E-state index in [4.69, 9.17) is 13.9 Å². The second kappa shape index (κ2) is 14.7. The highest BCUT2D eigenvalue weighted by Crippen LogP contribution is 2.33. The first kappa shape index (κ1) is 26.0. The number of phenols is 1. The van der Waals surface area contributed by atoms with Gasteiger partial charge in [0.05, 0.1) is 0 Å². The van der Waals surface area contributed by atoms with Crippen LogP contribution in [0.15, 0.2) is 33.5 Å². The van der Waals surface area contributed by atoms with Crippen molar-refractivity contribution >= 4 is 11.0 Å². The fourth-order valence-electron chi connectivity index (χ4n) is 3.86. The fourth-order valence-corrected chi connectivity index (χ4v) is 3.86. The molecule has 0 fully saturated rings. The zero-order valence-corrected chi connectivity index (χ0v) is 20.1. The van der Waals surface area contributed by atoms with Gasteiger partial charge in [0.1, 0.15) is 28.2 Å². The average Bonchev–Trinajstić information content (AvgIpc) is 2.78. The highest BCUT2D eigenvalue weighted by atomic mass is 16.7. The van der Waals surface area contributed by atoms with Gasteiger partial charge in [0.15, 0.2) is 12.2 Å². The van der Waals surface area contributed by atoms with E-state index in [1.807, 2.05) is 6.92 Å². The molecule has 0 spiro atoms. The number of ether oxygens (including phenoxy) is 2. The summed E-state index contributed by atoms with van der Waals surface area (Å²) >= 11 is 0. The number of benzene rings is 1. The number of rotatable bonds is 16. The maximum Gasteiger partial charge on any atom is 0.196 e. The number of hydrogen-bond donors (Lipinski definition) is 1. The van der Waals surface area contributed by atoms with Gasteiger partial charge in [-0.25, -0.2) is 0 Å². The molecule has 1 aromatic heterocycles. The van der Waals surface area contributed by atoms with E-state index in [-0.39, 0.29) is 23.4 Å². The van der Waals surface area contributed by atoms with Crippen molar-refractivity contribution in [2.45, 2.75) is 90.9 Å². The van der Waals surface area contributed by atoms with Crippen LogP contribution in [0.5, 0.6) is 11.5 Å². The van der Waals surface area contributed by atoms with E-state index < -0.39 is 0 Å². The molecule has 0 aliphatic carbocycles. The van der Waals surface area contributed by atoms with Crippen molar-refractivity contribution in [2.24, 2.45) is 0 Å². The number of methoxy groups -OCH3 is 1. The van der Waals surface area contributed by atoms with Gasteiger partial charge in [0.25, 0.3) is 0 Å². The summed E-state index contributed by atoms with van der Waals surface area (Å²) in [7, 11) is 1.53. The Morgan fingerprint density at radius 1 is 0.969 bits per heavy atom. The monoisotopic (exact) mass is 444 g/mol. The Hall–Kier alpha value is -2.27. The predicted octanol–water partition coefficient (Wildman–Crippen LogP) is 7.20. The first-order chi connectivity index (χ1) is 15.6. The summed E-state index contributed by atoms with van der Waals surface area (Å²) in [6, 6.07) is 2.95. The number of phenolic OH excluding ortho intramolecular Hbond substituents is 1. The Bertz CT molecular complexity index is 897. The van der Waals surface area contributed by atoms with Crippen molar-refractivity contribution in [3.8, 4) is 11.5 Å². The van der Waals surface area contributed by atoms with Gasteiger partial charge >= 0.3 is 0 Å². The molecule has 5 nitrogen and oxygen atoms in total. The van der Waals surface area contributed by atoms with Crippen LogP contribution in [0.25, 0.3) is 11.0 Å². The molecule has 1 heterocycles. The first-order valence-corrected chi connectivity index (χ1v) is 12.1. The largest absolute Gasteiger partial charge is 0.507 e. The van der Waals surface area contributed by atoms with Crippen LogP contribution < -0.4 is 10.2 Å². The first-order valence-electron chi connectivity index (χ1n) is 12.1. The standard InChI is InChI=1S/C27H40O5/c1-4-5-6-7-8-9-10-11-12-13-14-15-16-17-22-18-23(28)26-24(29)19-25(31-20-30-3)21(2)27(26)32-22/h7-8,18-19,29H,4-6,9-17,20H2,1-3H3/b8-7-. The smallest absolute Gasteiger partial charge is 0.196 e. The minimum atomic E-state index is -0.219. The molecule has 0 saturated heterocycles. The number of fused-ring (bicyclic) bond motifs is 1. The van der Waals surface area contributed by atoms with Gasteiger partial charge in [0, 0.05) is 31.2 Å². The van der Waals surface area contributed by atoms with Crippen molar-refractivity contribution in [3.05, 3.63) is 45.8 Å². The van der Waals surface area contributed by atoms with Crippen LogP contribution in [0.4, 0.5) is 0 Å². The normalized spacial score (nSPS) is 11.6. The maximum atomic E-state index is 12.5. The molecule has 0 unspecified atom stereocenters. The Morgan fingerprint density at radius 3 is 2.31 bits per heavy atom. The number of unbranched alkanes of at least 4 members (excludes halogenated alkanes) is 9. The van der Waals surface area contributed by atoms with E-state index in [1.165, 1.54) is 77.0 Å². The van der Waals surface area contributed by atoms with Gasteiger partial charge in [-0.3, -0.25) is 4.79 Å². The third-order valence-electron chi connectivity index (χ3n) is 5.75. The van der Waals surface area contributed by atoms with Crippen molar-refractivity contribution in [3.63, 3.8) is 0 Å². The molecule has 2 rings (SSSR count). The molecule has 2 aromatic rings. The molecule has 5 heteroatoms. The minimum absolute atomic E-state index is 0.0609. The number of allylic oxidation sites excluding steroid dienone is 2. The third kappa shape index (κ3) is 8.34. The van der Waals surface area contributed by atoms with Crippen molar-refractivity contribution < 1.29 is 19.0 Å². The maximum absolute atomic E-state index is 12.5. The molecular weight excluding hydrogens is 404 g/mol. The summed E-state index contributed by atoms with van der Waals surface area (Å²) < 4.78 is 16.4. The van der Waals surface area contributed by atoms with Gasteiger partial charge in [-0.2, -0.15) is 0 Å². The highest BCUT2D eigenvalue weighted by Gasteiger charge is 2.16. The fraction of sp³-hybridized carbons (Fsp3) is 0.593. The Kier molecular flexibility index (Phi) is 12.0. The lowest BCUT2D eigenvalue weighted by Crippen LogP contribution is -2.06. The topological polar surface area (TPSA) is 68.9 Å². The summed E-state index contributed by atoms with van der Waals surface area (Å²) in [6.45, 7) is 4.11. The van der Waals surface area contributed by atoms with Crippen molar-refractivity contribution in [1.82, 2.24) is 0 Å². The molecule has 0 aliphatic heterocycles. The molecule has 32 heavy (non-hydrogen) atoms. The average molecular weight is 445 g/mol. The van der Waals surface area contributed by atoms with Crippen LogP contribution in [0.3, 0.4) is 0 Å². The second-order valence-electron chi connectivity index (χ2n) is 8.48. The minimum Gasteiger partial charge on any atom is -0.507 e. The second-order valence-corrected chi connectivity index (χ2v) is 8.48. The third-order valence-corrected chi connectivity index (χ3v) is 5.75. The number of hydrogen-bond acceptors (Lipinski definition) is 5. The molecule has 1 N–H and O–H groups in total. The molecule has 0 amide bonds. The quantitative estimate of drug-likeness (QED) is 0.168. The lowest BCUT2D eigenvalue weighted by Gasteiger charge is -2.12. The van der Waals surface area contributed by atoms with E-state index in [2.05, 4.69) is 19.1 Å². The summed E-state index contributed by atoms with van der Waals surface area (Å²) in [5.74, 6) is 0.978. The molecule has 0 aliphatic rings. The van der Waals surface area contributed by atoms with Crippen LogP contribution >= 0.6 is 0 Å². The highest BCUT2D eigenvalue weighted by molar-refractivity contribution is 5.87. The Balaban J connectivity index is 1.76. The Morgan fingerprint density at radius 2 is 1.62 bits per heavy atom. The van der Waals surface area contributed by atoms with E-state index in [1.54, 1.807) is 0 Å². The molecule has 1 aromatic carbocycles. The number of aryl methyl sites for hydroxylation is 2. The summed E-state index contributed by atoms with van der Waals surface area (Å²) in [5, 5.41) is 10.5. The Labute approximate surface area is 192 Å². The molecule has 0 atom stereocenters. The van der Waals surface area contributed by atoms with Crippen LogP contribution in [-0.2, 0) is 11.2 Å². The lowest BCUT2D eigenvalue weighted by atomic mass is 10.1. The van der Waals surface area contributed by atoms with Crippen molar-refractivity contribution in [2.75, 3.05) is 13.9 Å². The van der Waals surface area contributed by atoms with E-state index in [0.29, 0.717) is 22.7 Å². The predicted molar refractivity (Wildman–Crippen MR) is 131 cm³/mol. The molecular formula is C27H40O5. The van der Waals surface area contributed by atoms with Gasteiger partial charge in [0.2, 0.25) is 0 Å². The zero-order valence-electron chi connectivity index (χ0n) is 20.1. The number of aromatic hydroxyl groups is 1. The summed E-state index contributed by atoms with van der Waals surface area (Å²) in [4.78, 5) is 12.5. The van der Waals surface area contributed by atoms with Crippen molar-refractivity contribution in [1.29, 1.82) is 0 Å². The van der Waals surface area contributed by atoms with Gasteiger partial charge in [-0.15, -0.1) is 0 Å². The van der Waals surface area contributed by atoms with Gasteiger partial charge < -0.3 is 19.0 Å². The van der Waals surface area contributed by atoms with Crippen LogP contribution in [0, 0.1) is 6.92 Å². The van der Waals surface area contributed by atoms with Gasteiger partial charge in [-0.05, 0) is 32.6 Å². The lowest BCUT2D eigenvalue weighted by molar-refractivity contribution is 0.0505. The SMILES string of the molecule is CCCC/C=C\CCCCCCCCCc1cc(=O)c2c(O)cc(OCOC)c(C)c2o1. The van der Waals surface area contributed by atoms with E-state index in [9.17, 15) is 9.90 Å². The summed E-state index contributed by atoms with van der Waals surface area (Å²) in [5.41, 5.74) is 0.861. The van der Waals surface area contributed by atoms with Crippen LogP contribution in [0.1, 0.15) is 88.9 Å². The molecule has 0 saturated carbocycles. The van der Waals surface area contributed by atoms with E-state index >= 15 is 0 Å². The summed E-state index contributed by atoms with van der Waals surface area (Å²) in [6.07, 6.45) is 18.8. The molecule has 178 valence electrons. The van der Waals surface area contributed by atoms with Gasteiger partial charge in [-0.1, -0.05) is 64.0 Å². The molecule has 0 bridgehead atoms. The van der Waals surface area contributed by atoms with E-state index in [0.717, 1.165) is 19.3 Å².